The zero-order valence-corrected chi connectivity index (χ0v) is 13.3. The molecule has 2 aliphatic rings. The Morgan fingerprint density at radius 2 is 1.48 bits per heavy atom. The van der Waals surface area contributed by atoms with Crippen LogP contribution in [0.2, 0.25) is 0 Å². The standard InChI is InChI=1S/C15H26N2O4/c1-4-20-13(18)12(14(19)21-5-2)15(6-7-15)17-10-8-16(3)9-11-17/h12H,4-11H2,1-3H3. The molecule has 0 aromatic carbocycles. The van der Waals surface area contributed by atoms with E-state index in [9.17, 15) is 9.59 Å². The lowest BCUT2D eigenvalue weighted by Gasteiger charge is -2.40. The van der Waals surface area contributed by atoms with Crippen LogP contribution < -0.4 is 0 Å². The molecule has 2 rings (SSSR count). The average Bonchev–Trinajstić information content (AvgIpc) is 3.21. The van der Waals surface area contributed by atoms with Crippen LogP contribution in [0.5, 0.6) is 0 Å². The van der Waals surface area contributed by atoms with Gasteiger partial charge in [-0.3, -0.25) is 14.5 Å². The zero-order chi connectivity index (χ0) is 15.5. The monoisotopic (exact) mass is 298 g/mol. The topological polar surface area (TPSA) is 59.1 Å². The van der Waals surface area contributed by atoms with Gasteiger partial charge >= 0.3 is 11.9 Å². The Morgan fingerprint density at radius 1 is 1.00 bits per heavy atom. The van der Waals surface area contributed by atoms with Crippen molar-refractivity contribution in [1.82, 2.24) is 9.80 Å². The molecule has 21 heavy (non-hydrogen) atoms. The number of nitrogens with zero attached hydrogens (tertiary/aromatic N) is 2. The summed E-state index contributed by atoms with van der Waals surface area (Å²) < 4.78 is 10.3. The number of piperazine rings is 1. The van der Waals surface area contributed by atoms with Gasteiger partial charge in [0.05, 0.1) is 13.2 Å². The lowest BCUT2D eigenvalue weighted by molar-refractivity contribution is -0.166. The maximum Gasteiger partial charge on any atom is 0.322 e. The van der Waals surface area contributed by atoms with Gasteiger partial charge in [0.15, 0.2) is 5.92 Å². The summed E-state index contributed by atoms with van der Waals surface area (Å²) in [5.41, 5.74) is -0.375. The maximum atomic E-state index is 12.3. The van der Waals surface area contributed by atoms with Crippen LogP contribution in [0.15, 0.2) is 0 Å². The number of likely N-dealkylation sites (N-methyl/N-ethyl adjacent to an activating group) is 1. The van der Waals surface area contributed by atoms with Crippen molar-refractivity contribution in [3.63, 3.8) is 0 Å². The van der Waals surface area contributed by atoms with Gasteiger partial charge in [-0.1, -0.05) is 0 Å². The van der Waals surface area contributed by atoms with Crippen molar-refractivity contribution < 1.29 is 19.1 Å². The summed E-state index contributed by atoms with van der Waals surface area (Å²) in [4.78, 5) is 29.1. The van der Waals surface area contributed by atoms with Gasteiger partial charge in [0.1, 0.15) is 0 Å². The van der Waals surface area contributed by atoms with Crippen molar-refractivity contribution in [2.75, 3.05) is 46.4 Å². The summed E-state index contributed by atoms with van der Waals surface area (Å²) in [6, 6.07) is 0. The van der Waals surface area contributed by atoms with Crippen LogP contribution >= 0.6 is 0 Å². The first-order valence-corrected chi connectivity index (χ1v) is 7.82. The van der Waals surface area contributed by atoms with Gasteiger partial charge in [-0.05, 0) is 33.7 Å². The summed E-state index contributed by atoms with van der Waals surface area (Å²) in [6.07, 6.45) is 1.72. The summed E-state index contributed by atoms with van der Waals surface area (Å²) in [7, 11) is 2.09. The Hall–Kier alpha value is -1.14. The molecule has 1 aliphatic heterocycles. The highest BCUT2D eigenvalue weighted by molar-refractivity contribution is 5.97. The van der Waals surface area contributed by atoms with E-state index < -0.39 is 17.9 Å². The van der Waals surface area contributed by atoms with E-state index in [0.717, 1.165) is 39.0 Å². The minimum absolute atomic E-state index is 0.285. The van der Waals surface area contributed by atoms with Crippen molar-refractivity contribution in [2.45, 2.75) is 32.2 Å². The molecule has 0 unspecified atom stereocenters. The molecule has 0 aromatic rings. The van der Waals surface area contributed by atoms with Crippen LogP contribution in [0.4, 0.5) is 0 Å². The molecule has 0 amide bonds. The van der Waals surface area contributed by atoms with Crippen LogP contribution in [0.3, 0.4) is 0 Å². The van der Waals surface area contributed by atoms with Crippen molar-refractivity contribution in [1.29, 1.82) is 0 Å². The Morgan fingerprint density at radius 3 is 1.86 bits per heavy atom. The molecule has 2 fully saturated rings. The first-order valence-electron chi connectivity index (χ1n) is 7.82. The second-order valence-electron chi connectivity index (χ2n) is 5.83. The molecular weight excluding hydrogens is 272 g/mol. The van der Waals surface area contributed by atoms with E-state index in [0.29, 0.717) is 0 Å². The second-order valence-corrected chi connectivity index (χ2v) is 5.83. The van der Waals surface area contributed by atoms with Gasteiger partial charge in [0.2, 0.25) is 0 Å². The van der Waals surface area contributed by atoms with Crippen molar-refractivity contribution >= 4 is 11.9 Å². The number of carbonyl (C=O) groups excluding carboxylic acids is 2. The molecule has 0 atom stereocenters. The van der Waals surface area contributed by atoms with E-state index >= 15 is 0 Å². The van der Waals surface area contributed by atoms with Crippen LogP contribution in [0.25, 0.3) is 0 Å². The summed E-state index contributed by atoms with van der Waals surface area (Å²) in [5.74, 6) is -1.68. The predicted octanol–water partition coefficient (Wildman–Crippen LogP) is 0.509. The van der Waals surface area contributed by atoms with E-state index in [1.165, 1.54) is 0 Å². The third-order valence-corrected chi connectivity index (χ3v) is 4.48. The largest absolute Gasteiger partial charge is 0.465 e. The fourth-order valence-corrected chi connectivity index (χ4v) is 3.15. The number of hydrogen-bond acceptors (Lipinski definition) is 6. The average molecular weight is 298 g/mol. The summed E-state index contributed by atoms with van der Waals surface area (Å²) in [6.45, 7) is 7.77. The molecule has 0 spiro atoms. The molecule has 1 heterocycles. The van der Waals surface area contributed by atoms with Gasteiger partial charge in [-0.2, -0.15) is 0 Å². The first kappa shape index (κ1) is 16.2. The normalized spacial score (nSPS) is 22.1. The number of carbonyl (C=O) groups is 2. The van der Waals surface area contributed by atoms with Gasteiger partial charge in [0.25, 0.3) is 0 Å². The number of hydrogen-bond donors (Lipinski definition) is 0. The summed E-state index contributed by atoms with van der Waals surface area (Å²) in [5, 5.41) is 0. The molecule has 1 saturated heterocycles. The van der Waals surface area contributed by atoms with E-state index in [4.69, 9.17) is 9.47 Å². The molecule has 0 aromatic heterocycles. The fraction of sp³-hybridized carbons (Fsp3) is 0.867. The van der Waals surface area contributed by atoms with Crippen LogP contribution in [0, 0.1) is 5.92 Å². The highest BCUT2D eigenvalue weighted by atomic mass is 16.6. The molecule has 1 aliphatic carbocycles. The van der Waals surface area contributed by atoms with Crippen LogP contribution in [-0.4, -0.2) is 73.7 Å². The molecule has 1 saturated carbocycles. The summed E-state index contributed by atoms with van der Waals surface area (Å²) >= 11 is 0. The van der Waals surface area contributed by atoms with Gasteiger partial charge in [0, 0.05) is 31.7 Å². The number of esters is 2. The van der Waals surface area contributed by atoms with Crippen molar-refractivity contribution in [3.05, 3.63) is 0 Å². The predicted molar refractivity (Wildman–Crippen MR) is 77.8 cm³/mol. The third-order valence-electron chi connectivity index (χ3n) is 4.48. The third kappa shape index (κ3) is 3.37. The van der Waals surface area contributed by atoms with Gasteiger partial charge in [-0.15, -0.1) is 0 Å². The Labute approximate surface area is 126 Å². The molecule has 0 radical (unpaired) electrons. The molecular formula is C15H26N2O4. The SMILES string of the molecule is CCOC(=O)C(C(=O)OCC)C1(N2CCN(C)CC2)CC1. The Bertz CT molecular complexity index is 369. The minimum atomic E-state index is -0.805. The van der Waals surface area contributed by atoms with Crippen LogP contribution in [-0.2, 0) is 19.1 Å². The van der Waals surface area contributed by atoms with E-state index in [1.54, 1.807) is 13.8 Å². The van der Waals surface area contributed by atoms with Crippen LogP contribution in [0.1, 0.15) is 26.7 Å². The molecule has 6 heteroatoms. The minimum Gasteiger partial charge on any atom is -0.465 e. The molecule has 120 valence electrons. The van der Waals surface area contributed by atoms with E-state index in [-0.39, 0.29) is 18.8 Å². The lowest BCUT2D eigenvalue weighted by atomic mass is 9.94. The molecule has 0 N–H and O–H groups in total. The van der Waals surface area contributed by atoms with E-state index in [2.05, 4.69) is 16.8 Å². The smallest absolute Gasteiger partial charge is 0.322 e. The van der Waals surface area contributed by atoms with Gasteiger partial charge < -0.3 is 14.4 Å². The quantitative estimate of drug-likeness (QED) is 0.526. The lowest BCUT2D eigenvalue weighted by Crippen LogP contribution is -2.56. The Kier molecular flexibility index (Phi) is 5.22. The first-order chi connectivity index (χ1) is 10.0. The second kappa shape index (κ2) is 6.75. The molecule has 6 nitrogen and oxygen atoms in total. The Balaban J connectivity index is 2.15. The maximum absolute atomic E-state index is 12.3. The highest BCUT2D eigenvalue weighted by Gasteiger charge is 2.60. The van der Waals surface area contributed by atoms with Crippen molar-refractivity contribution in [3.8, 4) is 0 Å². The van der Waals surface area contributed by atoms with Gasteiger partial charge in [-0.25, -0.2) is 0 Å². The fourth-order valence-electron chi connectivity index (χ4n) is 3.15. The van der Waals surface area contributed by atoms with E-state index in [1.807, 2.05) is 0 Å². The number of ether oxygens (including phenoxy) is 2. The zero-order valence-electron chi connectivity index (χ0n) is 13.3. The highest BCUT2D eigenvalue weighted by Crippen LogP contribution is 2.49. The van der Waals surface area contributed by atoms with Crippen molar-refractivity contribution in [2.24, 2.45) is 5.92 Å². The molecule has 0 bridgehead atoms. The number of rotatable bonds is 6.